The van der Waals surface area contributed by atoms with Crippen LogP contribution in [0.25, 0.3) is 34.4 Å². The van der Waals surface area contributed by atoms with Gasteiger partial charge >= 0.3 is 0 Å². The molecule has 0 saturated heterocycles. The Morgan fingerprint density at radius 1 is 0.527 bits per heavy atom. The van der Waals surface area contributed by atoms with Crippen molar-refractivity contribution in [1.82, 2.24) is 0 Å². The lowest BCUT2D eigenvalue weighted by molar-refractivity contribution is 0.410. The number of allylic oxidation sites excluding steroid dienone is 2. The van der Waals surface area contributed by atoms with Crippen molar-refractivity contribution in [3.8, 4) is 33.8 Å². The van der Waals surface area contributed by atoms with Gasteiger partial charge in [-0.15, -0.1) is 0 Å². The van der Waals surface area contributed by atoms with Crippen LogP contribution in [0.2, 0.25) is 13.1 Å². The first kappa shape index (κ1) is 42.3. The second kappa shape index (κ2) is 15.3. The average molecular weight is 754 g/mol. The molecule has 0 aliphatic heterocycles. The van der Waals surface area contributed by atoms with Crippen molar-refractivity contribution in [3.63, 3.8) is 0 Å². The van der Waals surface area contributed by atoms with E-state index in [1.165, 1.54) is 77.9 Å². The molecule has 3 heteroatoms. The normalized spacial score (nSPS) is 15.6. The molecule has 0 fully saturated rings. The van der Waals surface area contributed by atoms with Gasteiger partial charge < -0.3 is 9.47 Å². The molecule has 0 bridgehead atoms. The number of hydrogen-bond donors (Lipinski definition) is 0. The second-order valence-corrected chi connectivity index (χ2v) is 23.2. The van der Waals surface area contributed by atoms with E-state index < -0.39 is 8.80 Å². The van der Waals surface area contributed by atoms with Crippen LogP contribution in [0.5, 0.6) is 11.5 Å². The fraction of sp³-hybridized carbons (Fsp3) is 0.462. The summed E-state index contributed by atoms with van der Waals surface area (Å²) < 4.78 is 11.4. The summed E-state index contributed by atoms with van der Waals surface area (Å²) in [6, 6.07) is 23.1. The van der Waals surface area contributed by atoms with Gasteiger partial charge in [-0.3, -0.25) is 0 Å². The molecule has 55 heavy (non-hydrogen) atoms. The van der Waals surface area contributed by atoms with E-state index in [1.54, 1.807) is 14.2 Å². The van der Waals surface area contributed by atoms with Crippen LogP contribution in [0.15, 0.2) is 71.8 Å². The number of fused-ring (bicyclic) bond motifs is 2. The van der Waals surface area contributed by atoms with E-state index in [9.17, 15) is 0 Å². The van der Waals surface area contributed by atoms with Crippen molar-refractivity contribution in [2.24, 2.45) is 0 Å². The molecule has 1 atom stereocenters. The van der Waals surface area contributed by atoms with E-state index in [1.807, 2.05) is 0 Å². The molecule has 2 aliphatic rings. The van der Waals surface area contributed by atoms with E-state index in [0.717, 1.165) is 17.9 Å². The quantitative estimate of drug-likeness (QED) is 0.189. The van der Waals surface area contributed by atoms with Gasteiger partial charge in [-0.2, -0.15) is 0 Å². The molecule has 1 unspecified atom stereocenters. The lowest BCUT2D eigenvalue weighted by Gasteiger charge is -2.27. The Morgan fingerprint density at radius 2 is 0.927 bits per heavy atom. The summed E-state index contributed by atoms with van der Waals surface area (Å²) in [7, 11) is 3.05. The van der Waals surface area contributed by atoms with Crippen LogP contribution in [-0.2, 0) is 28.1 Å². The predicted octanol–water partition coefficient (Wildman–Crippen LogP) is 14.7. The minimum absolute atomic E-state index is 0.114. The van der Waals surface area contributed by atoms with Crippen LogP contribution in [0.1, 0.15) is 147 Å². The fourth-order valence-electron chi connectivity index (χ4n) is 8.09. The molecular weight excluding hydrogens is 685 g/mol. The predicted molar refractivity (Wildman–Crippen MR) is 243 cm³/mol. The van der Waals surface area contributed by atoms with Gasteiger partial charge in [0.25, 0.3) is 0 Å². The van der Waals surface area contributed by atoms with Crippen LogP contribution < -0.4 is 9.47 Å². The van der Waals surface area contributed by atoms with Crippen LogP contribution in [0.3, 0.4) is 0 Å². The van der Waals surface area contributed by atoms with E-state index in [2.05, 4.69) is 183 Å². The average Bonchev–Trinajstić information content (AvgIpc) is 3.65. The zero-order chi connectivity index (χ0) is 41.0. The molecule has 0 amide bonds. The highest BCUT2D eigenvalue weighted by Gasteiger charge is 2.32. The van der Waals surface area contributed by atoms with E-state index >= 15 is 0 Å². The van der Waals surface area contributed by atoms with Crippen LogP contribution in [-0.4, -0.2) is 23.0 Å². The monoisotopic (exact) mass is 754 g/mol. The summed E-state index contributed by atoms with van der Waals surface area (Å²) >= 11 is 0. The topological polar surface area (TPSA) is 18.5 Å². The van der Waals surface area contributed by atoms with Gasteiger partial charge in [0.2, 0.25) is 0 Å². The number of rotatable bonds is 5. The molecule has 4 aromatic carbocycles. The van der Waals surface area contributed by atoms with Crippen molar-refractivity contribution < 1.29 is 9.47 Å². The molecule has 0 aromatic heterocycles. The zero-order valence-electron chi connectivity index (χ0n) is 37.5. The molecular formula is C52H69O2Si. The van der Waals surface area contributed by atoms with Crippen LogP contribution in [0.4, 0.5) is 0 Å². The van der Waals surface area contributed by atoms with Crippen molar-refractivity contribution >= 4 is 20.9 Å². The molecule has 4 aromatic rings. The number of methoxy groups -OCH3 is 2. The molecule has 2 aliphatic carbocycles. The molecule has 0 N–H and O–H groups in total. The molecule has 1 radical (unpaired) electrons. The molecule has 2 nitrogen and oxygen atoms in total. The van der Waals surface area contributed by atoms with Gasteiger partial charge in [0.15, 0.2) is 0 Å². The van der Waals surface area contributed by atoms with Gasteiger partial charge in [-0.1, -0.05) is 168 Å². The van der Waals surface area contributed by atoms with Crippen molar-refractivity contribution in [1.29, 1.82) is 0 Å². The molecule has 6 rings (SSSR count). The first-order valence-corrected chi connectivity index (χ1v) is 22.8. The van der Waals surface area contributed by atoms with Gasteiger partial charge in [-0.05, 0) is 110 Å². The SMILES string of the molecule is COc1ccc(-c2cc(C(C)(C)C)cc(C(C)(C)C)c2)c2c1C([Si](C)C)C(C)=C2.COc1ccc(-c2cc(C(C)(C)C)cc(C(C)(C)C)c2)c2c1CC(C)=C2. The van der Waals surface area contributed by atoms with Gasteiger partial charge in [0, 0.05) is 16.7 Å². The summed E-state index contributed by atoms with van der Waals surface area (Å²) in [6.07, 6.45) is 5.72. The smallest absolute Gasteiger partial charge is 0.123 e. The zero-order valence-corrected chi connectivity index (χ0v) is 38.5. The maximum Gasteiger partial charge on any atom is 0.123 e. The Labute approximate surface area is 337 Å². The van der Waals surface area contributed by atoms with Crippen molar-refractivity contribution in [3.05, 3.63) is 116 Å². The summed E-state index contributed by atoms with van der Waals surface area (Å²) in [5.74, 6) is 2.04. The number of ether oxygens (including phenoxy) is 2. The largest absolute Gasteiger partial charge is 0.496 e. The third-order valence-corrected chi connectivity index (χ3v) is 13.4. The number of benzene rings is 4. The molecule has 0 spiro atoms. The van der Waals surface area contributed by atoms with E-state index in [4.69, 9.17) is 9.47 Å². The molecule has 293 valence electrons. The number of hydrogen-bond acceptors (Lipinski definition) is 2. The highest BCUT2D eigenvalue weighted by molar-refractivity contribution is 6.59. The standard InChI is InChI=1S/C27H37OSi.C25H32O/c1-17-13-22-21(11-12-23(28-8)24(22)25(17)29(9)10)18-14-19(26(2,3)4)16-20(15-18)27(5,6)7;1-16-11-21-20(9-10-23(26-8)22(21)12-16)17-13-18(24(2,3)4)15-19(14-17)25(5,6)7/h11-16,25H,1-10H3;9-11,13-15H,12H2,1-8H3. The first-order chi connectivity index (χ1) is 25.3. The highest BCUT2D eigenvalue weighted by atomic mass is 28.3. The lowest BCUT2D eigenvalue weighted by atomic mass is 9.78. The first-order valence-electron chi connectivity index (χ1n) is 20.2. The van der Waals surface area contributed by atoms with Crippen LogP contribution in [0, 0.1) is 0 Å². The molecule has 0 saturated carbocycles. The highest BCUT2D eigenvalue weighted by Crippen LogP contribution is 2.48. The van der Waals surface area contributed by atoms with Crippen molar-refractivity contribution in [2.45, 2.75) is 144 Å². The minimum Gasteiger partial charge on any atom is -0.496 e. The summed E-state index contributed by atoms with van der Waals surface area (Å²) in [6.45, 7) is 36.9. The maximum absolute atomic E-state index is 5.82. The Bertz CT molecular complexity index is 2070. The Hall–Kier alpha value is -3.82. The van der Waals surface area contributed by atoms with E-state index in [-0.39, 0.29) is 21.7 Å². The Kier molecular flexibility index (Phi) is 11.7. The minimum atomic E-state index is -0.513. The lowest BCUT2D eigenvalue weighted by Crippen LogP contribution is -2.17. The third kappa shape index (κ3) is 8.93. The van der Waals surface area contributed by atoms with E-state index in [0.29, 0.717) is 5.54 Å². The summed E-state index contributed by atoms with van der Waals surface area (Å²) in [4.78, 5) is 0. The third-order valence-electron chi connectivity index (χ3n) is 11.5. The van der Waals surface area contributed by atoms with Crippen LogP contribution >= 0.6 is 0 Å². The van der Waals surface area contributed by atoms with Gasteiger partial charge in [0.1, 0.15) is 11.5 Å². The Balaban J connectivity index is 0.000000212. The van der Waals surface area contributed by atoms with Gasteiger partial charge in [-0.25, -0.2) is 0 Å². The van der Waals surface area contributed by atoms with Gasteiger partial charge in [0.05, 0.1) is 23.0 Å². The Morgan fingerprint density at radius 3 is 1.31 bits per heavy atom. The summed E-state index contributed by atoms with van der Waals surface area (Å²) in [5.41, 5.74) is 20.2. The molecule has 0 heterocycles. The second-order valence-electron chi connectivity index (χ2n) is 20.5. The fourth-order valence-corrected chi connectivity index (χ4v) is 9.96. The summed E-state index contributed by atoms with van der Waals surface area (Å²) in [5, 5.41) is 0. The van der Waals surface area contributed by atoms with Crippen molar-refractivity contribution in [2.75, 3.05) is 14.2 Å². The maximum atomic E-state index is 5.82.